The molecule has 0 saturated carbocycles. The van der Waals surface area contributed by atoms with Crippen LogP contribution in [0.15, 0.2) is 23.8 Å². The van der Waals surface area contributed by atoms with Gasteiger partial charge in [0.1, 0.15) is 11.5 Å². The second-order valence-electron chi connectivity index (χ2n) is 9.92. The van der Waals surface area contributed by atoms with Gasteiger partial charge in [0.15, 0.2) is 11.4 Å². The number of thiophene rings is 1. The molecule has 2 saturated heterocycles. The van der Waals surface area contributed by atoms with Crippen molar-refractivity contribution in [3.8, 4) is 11.3 Å². The minimum absolute atomic E-state index is 0.0181. The Morgan fingerprint density at radius 3 is 2.67 bits per heavy atom. The molecule has 3 aromatic heterocycles. The summed E-state index contributed by atoms with van der Waals surface area (Å²) in [4.78, 5) is 32.2. The second kappa shape index (κ2) is 12.4. The Bertz CT molecular complexity index is 1250. The minimum atomic E-state index is -1.08. The van der Waals surface area contributed by atoms with Crippen molar-refractivity contribution in [2.75, 3.05) is 42.9 Å². The predicted molar refractivity (Wildman–Crippen MR) is 154 cm³/mol. The lowest BCUT2D eigenvalue weighted by Gasteiger charge is -2.35. The number of carbonyl (C=O) groups is 1. The molecule has 14 heteroatoms. The number of anilines is 2. The van der Waals surface area contributed by atoms with E-state index in [1.807, 2.05) is 11.4 Å². The van der Waals surface area contributed by atoms with Crippen LogP contribution in [0.4, 0.5) is 10.9 Å². The summed E-state index contributed by atoms with van der Waals surface area (Å²) in [7, 11) is 0. The van der Waals surface area contributed by atoms with E-state index in [4.69, 9.17) is 27.4 Å². The Kier molecular flexibility index (Phi) is 8.96. The quantitative estimate of drug-likeness (QED) is 0.257. The lowest BCUT2D eigenvalue weighted by molar-refractivity contribution is -0.137. The van der Waals surface area contributed by atoms with Crippen LogP contribution < -0.4 is 16.0 Å². The standard InChI is InChI=1S/C25H33ClN8O3S2/c1-15-2-3-20(27)34(15)13-18-23(16-10-19(26)38-14-16)30-25(39-18)31-24(37)17-11-29-21(12-28-17)33-8-6-32(7-9-33)5-4-22(35)36/h10-12,14-15,20,24,37H,2-9,13,27H2,1H3,(H,30,31)(H,35,36)/t15-,20+,24?/m1/s1. The number of aliphatic hydroxyl groups is 1. The van der Waals surface area contributed by atoms with Crippen molar-refractivity contribution >= 4 is 51.2 Å². The number of carboxylic acids is 1. The summed E-state index contributed by atoms with van der Waals surface area (Å²) in [6.07, 6.45) is 4.36. The van der Waals surface area contributed by atoms with Crippen molar-refractivity contribution < 1.29 is 15.0 Å². The van der Waals surface area contributed by atoms with Gasteiger partial charge in [-0.3, -0.25) is 19.6 Å². The zero-order valence-corrected chi connectivity index (χ0v) is 24.1. The number of halogens is 1. The number of aliphatic carboxylic acids is 1. The molecule has 11 nitrogen and oxygen atoms in total. The molecule has 3 atom stereocenters. The van der Waals surface area contributed by atoms with Crippen LogP contribution in [-0.4, -0.2) is 85.9 Å². The molecular weight excluding hydrogens is 560 g/mol. The number of rotatable bonds is 10. The molecule has 1 unspecified atom stereocenters. The molecule has 210 valence electrons. The van der Waals surface area contributed by atoms with E-state index < -0.39 is 12.2 Å². The Morgan fingerprint density at radius 2 is 2.05 bits per heavy atom. The summed E-state index contributed by atoms with van der Waals surface area (Å²) in [6.45, 7) is 6.45. The van der Waals surface area contributed by atoms with Crippen LogP contribution in [0.25, 0.3) is 11.3 Å². The van der Waals surface area contributed by atoms with Crippen LogP contribution in [0.3, 0.4) is 0 Å². The van der Waals surface area contributed by atoms with Crippen molar-refractivity contribution in [2.45, 2.75) is 51.2 Å². The van der Waals surface area contributed by atoms with E-state index in [-0.39, 0.29) is 12.6 Å². The third-order valence-corrected chi connectivity index (χ3v) is 9.34. The summed E-state index contributed by atoms with van der Waals surface area (Å²) < 4.78 is 0.696. The number of thiazole rings is 1. The maximum Gasteiger partial charge on any atom is 0.304 e. The van der Waals surface area contributed by atoms with Crippen LogP contribution in [0.2, 0.25) is 4.34 Å². The van der Waals surface area contributed by atoms with Crippen molar-refractivity contribution in [1.82, 2.24) is 24.8 Å². The highest BCUT2D eigenvalue weighted by atomic mass is 35.5. The molecule has 5 N–H and O–H groups in total. The Morgan fingerprint density at radius 1 is 1.26 bits per heavy atom. The van der Waals surface area contributed by atoms with Gasteiger partial charge >= 0.3 is 5.97 Å². The van der Waals surface area contributed by atoms with Crippen molar-refractivity contribution in [2.24, 2.45) is 5.73 Å². The molecule has 0 bridgehead atoms. The first-order valence-corrected chi connectivity index (χ1v) is 15.1. The van der Waals surface area contributed by atoms with E-state index in [0.717, 1.165) is 61.0 Å². The van der Waals surface area contributed by atoms with Crippen molar-refractivity contribution in [3.63, 3.8) is 0 Å². The van der Waals surface area contributed by atoms with E-state index in [1.54, 1.807) is 12.4 Å². The van der Waals surface area contributed by atoms with E-state index in [0.29, 0.717) is 34.3 Å². The van der Waals surface area contributed by atoms with E-state index in [9.17, 15) is 9.90 Å². The lowest BCUT2D eigenvalue weighted by Crippen LogP contribution is -2.47. The number of hydrogen-bond donors (Lipinski definition) is 4. The van der Waals surface area contributed by atoms with Gasteiger partial charge in [0, 0.05) is 61.1 Å². The number of aliphatic hydroxyl groups excluding tert-OH is 1. The molecule has 0 spiro atoms. The van der Waals surface area contributed by atoms with E-state index in [2.05, 4.69) is 36.9 Å². The lowest BCUT2D eigenvalue weighted by atomic mass is 10.2. The molecule has 39 heavy (non-hydrogen) atoms. The highest BCUT2D eigenvalue weighted by molar-refractivity contribution is 7.16. The summed E-state index contributed by atoms with van der Waals surface area (Å²) in [5.41, 5.74) is 8.55. The molecule has 5 rings (SSSR count). The third kappa shape index (κ3) is 6.85. The number of piperazine rings is 1. The summed E-state index contributed by atoms with van der Waals surface area (Å²) in [5.74, 6) is -0.0504. The largest absolute Gasteiger partial charge is 0.481 e. The maximum absolute atomic E-state index is 10.9. The normalized spacial score (nSPS) is 21.4. The summed E-state index contributed by atoms with van der Waals surface area (Å²) in [6, 6.07) is 2.30. The van der Waals surface area contributed by atoms with Crippen LogP contribution in [0, 0.1) is 0 Å². The molecular formula is C25H33ClN8O3S2. The zero-order valence-electron chi connectivity index (χ0n) is 21.7. The third-order valence-electron chi connectivity index (χ3n) is 7.27. The van der Waals surface area contributed by atoms with Crippen LogP contribution in [0.1, 0.15) is 43.0 Å². The van der Waals surface area contributed by atoms with E-state index >= 15 is 0 Å². The van der Waals surface area contributed by atoms with Gasteiger partial charge in [-0.15, -0.1) is 22.7 Å². The Labute approximate surface area is 240 Å². The molecule has 2 aliphatic rings. The van der Waals surface area contributed by atoms with Gasteiger partial charge < -0.3 is 26.2 Å². The molecule has 5 heterocycles. The number of likely N-dealkylation sites (tertiary alicyclic amines) is 1. The monoisotopic (exact) mass is 592 g/mol. The van der Waals surface area contributed by atoms with E-state index in [1.165, 1.54) is 22.7 Å². The SMILES string of the molecule is C[C@@H]1CC[C@@H](N)N1Cc1sc(NC(O)c2cnc(N3CCN(CCC(=O)O)CC3)cn2)nc1-c1csc(Cl)c1. The highest BCUT2D eigenvalue weighted by Crippen LogP contribution is 2.38. The molecule has 0 amide bonds. The van der Waals surface area contributed by atoms with Gasteiger partial charge in [0.2, 0.25) is 0 Å². The fourth-order valence-corrected chi connectivity index (χ4v) is 6.85. The average Bonchev–Trinajstić information content (AvgIpc) is 3.62. The maximum atomic E-state index is 10.9. The van der Waals surface area contributed by atoms with Gasteiger partial charge in [-0.2, -0.15) is 0 Å². The molecule has 0 aliphatic carbocycles. The first-order valence-electron chi connectivity index (χ1n) is 13.0. The number of nitrogens with two attached hydrogens (primary N) is 1. The van der Waals surface area contributed by atoms with Crippen LogP contribution in [-0.2, 0) is 11.3 Å². The smallest absolute Gasteiger partial charge is 0.304 e. The fraction of sp³-hybridized carbons (Fsp3) is 0.520. The van der Waals surface area contributed by atoms with Crippen molar-refractivity contribution in [1.29, 1.82) is 0 Å². The first kappa shape index (κ1) is 28.1. The first-order chi connectivity index (χ1) is 18.8. The number of aromatic nitrogens is 3. The number of nitrogens with zero attached hydrogens (tertiary/aromatic N) is 6. The number of carboxylic acid groups (broad SMARTS) is 1. The zero-order chi connectivity index (χ0) is 27.5. The van der Waals surface area contributed by atoms with Crippen LogP contribution in [0.5, 0.6) is 0 Å². The molecule has 2 aliphatic heterocycles. The fourth-order valence-electron chi connectivity index (χ4n) is 4.97. The Hall–Kier alpha value is -2.39. The molecule has 3 aromatic rings. The predicted octanol–water partition coefficient (Wildman–Crippen LogP) is 3.28. The number of nitrogens with one attached hydrogen (secondary N) is 1. The summed E-state index contributed by atoms with van der Waals surface area (Å²) >= 11 is 9.17. The highest BCUT2D eigenvalue weighted by Gasteiger charge is 2.30. The minimum Gasteiger partial charge on any atom is -0.481 e. The van der Waals surface area contributed by atoms with Gasteiger partial charge in [-0.05, 0) is 25.8 Å². The number of hydrogen-bond acceptors (Lipinski definition) is 12. The molecule has 0 radical (unpaired) electrons. The topological polar surface area (TPSA) is 144 Å². The Balaban J connectivity index is 1.24. The molecule has 2 fully saturated rings. The molecule has 0 aromatic carbocycles. The van der Waals surface area contributed by atoms with Crippen molar-refractivity contribution in [3.05, 3.63) is 38.7 Å². The van der Waals surface area contributed by atoms with Gasteiger partial charge in [0.25, 0.3) is 0 Å². The van der Waals surface area contributed by atoms with Gasteiger partial charge in [-0.1, -0.05) is 11.6 Å². The van der Waals surface area contributed by atoms with Gasteiger partial charge in [0.05, 0.1) is 35.0 Å². The second-order valence-corrected chi connectivity index (χ2v) is 12.5. The average molecular weight is 593 g/mol. The van der Waals surface area contributed by atoms with Crippen LogP contribution >= 0.6 is 34.3 Å². The van der Waals surface area contributed by atoms with Gasteiger partial charge in [-0.25, -0.2) is 9.97 Å². The summed E-state index contributed by atoms with van der Waals surface area (Å²) in [5, 5.41) is 25.4.